The second-order valence-corrected chi connectivity index (χ2v) is 6.66. The maximum atomic E-state index is 12.0. The monoisotopic (exact) mass is 378 g/mol. The zero-order valence-corrected chi connectivity index (χ0v) is 16.3. The van der Waals surface area contributed by atoms with Gasteiger partial charge in [0.25, 0.3) is 5.91 Å². The number of ether oxygens (including phenoxy) is 2. The second-order valence-electron chi connectivity index (χ2n) is 6.66. The fourth-order valence-electron chi connectivity index (χ4n) is 3.00. The predicted molar refractivity (Wildman–Crippen MR) is 104 cm³/mol. The highest BCUT2D eigenvalue weighted by molar-refractivity contribution is 5.89. The van der Waals surface area contributed by atoms with E-state index < -0.39 is 0 Å². The van der Waals surface area contributed by atoms with Crippen LogP contribution in [0.4, 0.5) is 10.5 Å². The number of carbonyl (C=O) groups excluding carboxylic acids is 2. The first-order valence-electron chi connectivity index (χ1n) is 9.38. The summed E-state index contributed by atoms with van der Waals surface area (Å²) < 4.78 is 11.1. The zero-order chi connectivity index (χ0) is 19.6. The van der Waals surface area contributed by atoms with Crippen LogP contribution in [-0.4, -0.2) is 68.4 Å². The maximum Gasteiger partial charge on any atom is 0.319 e. The van der Waals surface area contributed by atoms with Crippen molar-refractivity contribution in [3.63, 3.8) is 0 Å². The van der Waals surface area contributed by atoms with Gasteiger partial charge in [-0.25, -0.2) is 4.79 Å². The number of amides is 3. The minimum absolute atomic E-state index is 0.0279. The fourth-order valence-corrected chi connectivity index (χ4v) is 3.00. The summed E-state index contributed by atoms with van der Waals surface area (Å²) in [7, 11) is 0. The highest BCUT2D eigenvalue weighted by Gasteiger charge is 2.21. The van der Waals surface area contributed by atoms with E-state index in [0.717, 1.165) is 19.6 Å². The van der Waals surface area contributed by atoms with Gasteiger partial charge in [-0.15, -0.1) is 0 Å². The van der Waals surface area contributed by atoms with E-state index in [2.05, 4.69) is 34.7 Å². The number of morpholine rings is 1. The summed E-state index contributed by atoms with van der Waals surface area (Å²) in [5, 5.41) is 8.30. The highest BCUT2D eigenvalue weighted by atomic mass is 16.5. The lowest BCUT2D eigenvalue weighted by atomic mass is 10.2. The van der Waals surface area contributed by atoms with Crippen LogP contribution in [0.3, 0.4) is 0 Å². The molecule has 2 unspecified atom stereocenters. The van der Waals surface area contributed by atoms with Crippen molar-refractivity contribution in [2.75, 3.05) is 44.6 Å². The molecule has 1 aromatic carbocycles. The van der Waals surface area contributed by atoms with E-state index in [1.165, 1.54) is 0 Å². The summed E-state index contributed by atoms with van der Waals surface area (Å²) in [6, 6.07) is 6.65. The Morgan fingerprint density at radius 2 is 1.81 bits per heavy atom. The van der Waals surface area contributed by atoms with Gasteiger partial charge in [0.1, 0.15) is 5.75 Å². The number of benzene rings is 1. The molecule has 1 aliphatic rings. The van der Waals surface area contributed by atoms with Crippen LogP contribution in [0.15, 0.2) is 24.3 Å². The summed E-state index contributed by atoms with van der Waals surface area (Å²) in [5.74, 6) is 0.408. The van der Waals surface area contributed by atoms with Crippen LogP contribution in [-0.2, 0) is 9.53 Å². The van der Waals surface area contributed by atoms with Crippen molar-refractivity contribution in [3.05, 3.63) is 24.3 Å². The summed E-state index contributed by atoms with van der Waals surface area (Å²) in [4.78, 5) is 25.7. The van der Waals surface area contributed by atoms with Crippen LogP contribution >= 0.6 is 0 Å². The number of nitrogens with one attached hydrogen (secondary N) is 3. The van der Waals surface area contributed by atoms with E-state index in [0.29, 0.717) is 24.5 Å². The summed E-state index contributed by atoms with van der Waals surface area (Å²) in [5.41, 5.74) is 0.659. The zero-order valence-electron chi connectivity index (χ0n) is 16.3. The quantitative estimate of drug-likeness (QED) is 0.637. The lowest BCUT2D eigenvalue weighted by Crippen LogP contribution is -2.48. The Kier molecular flexibility index (Phi) is 8.35. The Hall–Kier alpha value is -2.32. The number of hydrogen-bond acceptors (Lipinski definition) is 5. The Morgan fingerprint density at radius 1 is 1.15 bits per heavy atom. The van der Waals surface area contributed by atoms with Crippen molar-refractivity contribution in [3.8, 4) is 5.75 Å². The molecule has 1 aromatic rings. The Morgan fingerprint density at radius 3 is 2.44 bits per heavy atom. The van der Waals surface area contributed by atoms with Crippen molar-refractivity contribution in [2.24, 2.45) is 0 Å². The van der Waals surface area contributed by atoms with E-state index in [4.69, 9.17) is 9.47 Å². The number of hydrogen-bond donors (Lipinski definition) is 3. The van der Waals surface area contributed by atoms with E-state index in [1.807, 2.05) is 6.92 Å². The molecule has 2 rings (SSSR count). The van der Waals surface area contributed by atoms with Gasteiger partial charge < -0.3 is 25.4 Å². The Balaban J connectivity index is 1.67. The van der Waals surface area contributed by atoms with E-state index in [1.54, 1.807) is 24.3 Å². The smallest absolute Gasteiger partial charge is 0.319 e. The molecule has 1 saturated heterocycles. The first kappa shape index (κ1) is 21.0. The Labute approximate surface area is 160 Å². The third-order valence-electron chi connectivity index (χ3n) is 4.06. The standard InChI is InChI=1S/C19H30N4O4/c1-4-20-18(24)13-26-17-7-5-16(6-8-17)22-19(25)21-9-10-23-11-14(2)27-15(3)12-23/h5-8,14-15H,4,9-13H2,1-3H3,(H,20,24)(H2,21,22,25). The van der Waals surface area contributed by atoms with Crippen molar-refractivity contribution >= 4 is 17.6 Å². The molecule has 1 fully saturated rings. The van der Waals surface area contributed by atoms with Gasteiger partial charge in [-0.2, -0.15) is 0 Å². The largest absolute Gasteiger partial charge is 0.484 e. The number of carbonyl (C=O) groups is 2. The second kappa shape index (κ2) is 10.7. The fraction of sp³-hybridized carbons (Fsp3) is 0.579. The molecule has 0 bridgehead atoms. The van der Waals surface area contributed by atoms with Gasteiger partial charge in [0, 0.05) is 38.4 Å². The van der Waals surface area contributed by atoms with Gasteiger partial charge in [-0.3, -0.25) is 9.69 Å². The molecular formula is C19H30N4O4. The number of rotatable bonds is 8. The number of nitrogens with zero attached hydrogens (tertiary/aromatic N) is 1. The van der Waals surface area contributed by atoms with Gasteiger partial charge in [0.05, 0.1) is 12.2 Å². The molecule has 3 amide bonds. The summed E-state index contributed by atoms with van der Waals surface area (Å²) >= 11 is 0. The molecule has 8 nitrogen and oxygen atoms in total. The van der Waals surface area contributed by atoms with Gasteiger partial charge in [0.2, 0.25) is 0 Å². The lowest BCUT2D eigenvalue weighted by Gasteiger charge is -2.35. The van der Waals surface area contributed by atoms with Crippen molar-refractivity contribution < 1.29 is 19.1 Å². The molecule has 0 radical (unpaired) electrons. The molecule has 0 aliphatic carbocycles. The van der Waals surface area contributed by atoms with Crippen LogP contribution < -0.4 is 20.7 Å². The normalized spacial score (nSPS) is 20.0. The SMILES string of the molecule is CCNC(=O)COc1ccc(NC(=O)NCCN2CC(C)OC(C)C2)cc1. The first-order chi connectivity index (χ1) is 13.0. The molecule has 2 atom stereocenters. The maximum absolute atomic E-state index is 12.0. The van der Waals surface area contributed by atoms with Crippen molar-refractivity contribution in [1.82, 2.24) is 15.5 Å². The number of anilines is 1. The number of urea groups is 1. The van der Waals surface area contributed by atoms with Crippen LogP contribution in [0.1, 0.15) is 20.8 Å². The van der Waals surface area contributed by atoms with Crippen molar-refractivity contribution in [2.45, 2.75) is 33.0 Å². The van der Waals surface area contributed by atoms with Gasteiger partial charge in [0.15, 0.2) is 6.61 Å². The molecule has 8 heteroatoms. The molecule has 1 aliphatic heterocycles. The lowest BCUT2D eigenvalue weighted by molar-refractivity contribution is -0.122. The van der Waals surface area contributed by atoms with Gasteiger partial charge in [-0.1, -0.05) is 0 Å². The van der Waals surface area contributed by atoms with Crippen LogP contribution in [0.25, 0.3) is 0 Å². The number of likely N-dealkylation sites (N-methyl/N-ethyl adjacent to an activating group) is 1. The van der Waals surface area contributed by atoms with Gasteiger partial charge in [-0.05, 0) is 45.0 Å². The molecule has 0 spiro atoms. The van der Waals surface area contributed by atoms with E-state index in [-0.39, 0.29) is 30.8 Å². The average molecular weight is 378 g/mol. The highest BCUT2D eigenvalue weighted by Crippen LogP contribution is 2.15. The summed E-state index contributed by atoms with van der Waals surface area (Å²) in [6.07, 6.45) is 0.438. The average Bonchev–Trinajstić information content (AvgIpc) is 2.60. The van der Waals surface area contributed by atoms with Crippen molar-refractivity contribution in [1.29, 1.82) is 0 Å². The topological polar surface area (TPSA) is 91.9 Å². The van der Waals surface area contributed by atoms with E-state index in [9.17, 15) is 9.59 Å². The Bertz CT molecular complexity index is 598. The third-order valence-corrected chi connectivity index (χ3v) is 4.06. The summed E-state index contributed by atoms with van der Waals surface area (Å²) in [6.45, 7) is 9.64. The van der Waals surface area contributed by atoms with Crippen LogP contribution in [0, 0.1) is 0 Å². The molecule has 1 heterocycles. The molecule has 150 valence electrons. The van der Waals surface area contributed by atoms with Crippen LogP contribution in [0.2, 0.25) is 0 Å². The first-order valence-corrected chi connectivity index (χ1v) is 9.38. The minimum atomic E-state index is -0.250. The third kappa shape index (κ3) is 7.84. The molecule has 3 N–H and O–H groups in total. The molecule has 0 saturated carbocycles. The minimum Gasteiger partial charge on any atom is -0.484 e. The van der Waals surface area contributed by atoms with Gasteiger partial charge >= 0.3 is 6.03 Å². The van der Waals surface area contributed by atoms with E-state index >= 15 is 0 Å². The molecule has 27 heavy (non-hydrogen) atoms. The predicted octanol–water partition coefficient (Wildman–Crippen LogP) is 1.43. The molecular weight excluding hydrogens is 348 g/mol. The molecule has 0 aromatic heterocycles. The van der Waals surface area contributed by atoms with Crippen LogP contribution in [0.5, 0.6) is 5.75 Å².